The van der Waals surface area contributed by atoms with Crippen molar-refractivity contribution in [1.29, 1.82) is 0 Å². The summed E-state index contributed by atoms with van der Waals surface area (Å²) in [6.45, 7) is 3.98. The molecule has 29 heavy (non-hydrogen) atoms. The SMILES string of the molecule is Cc1nn(Cc2ccccc2)c(C)c1C(=O)OCC(=O)NC1CCCCCCC1. The number of esters is 1. The van der Waals surface area contributed by atoms with Gasteiger partial charge in [-0.05, 0) is 32.3 Å². The number of hydrogen-bond donors (Lipinski definition) is 1. The Morgan fingerprint density at radius 2 is 1.72 bits per heavy atom. The number of aromatic nitrogens is 2. The normalized spacial score (nSPS) is 15.4. The largest absolute Gasteiger partial charge is 0.452 e. The Labute approximate surface area is 172 Å². The molecule has 1 aliphatic carbocycles. The summed E-state index contributed by atoms with van der Waals surface area (Å²) in [6, 6.07) is 10.2. The molecule has 1 saturated carbocycles. The number of rotatable bonds is 6. The van der Waals surface area contributed by atoms with Gasteiger partial charge in [-0.2, -0.15) is 5.10 Å². The molecule has 3 rings (SSSR count). The number of hydrogen-bond acceptors (Lipinski definition) is 4. The highest BCUT2D eigenvalue weighted by Crippen LogP contribution is 2.18. The first-order valence-corrected chi connectivity index (χ1v) is 10.6. The second-order valence-corrected chi connectivity index (χ2v) is 7.87. The number of aryl methyl sites for hydroxylation is 1. The molecule has 1 aliphatic rings. The number of ether oxygens (including phenoxy) is 1. The molecule has 0 aliphatic heterocycles. The summed E-state index contributed by atoms with van der Waals surface area (Å²) < 4.78 is 7.11. The van der Waals surface area contributed by atoms with E-state index in [1.165, 1.54) is 19.3 Å². The molecule has 6 heteroatoms. The van der Waals surface area contributed by atoms with Gasteiger partial charge >= 0.3 is 5.97 Å². The average molecular weight is 398 g/mol. The maximum atomic E-state index is 12.6. The van der Waals surface area contributed by atoms with E-state index in [0.717, 1.165) is 36.9 Å². The predicted octanol–water partition coefficient (Wildman–Crippen LogP) is 3.93. The smallest absolute Gasteiger partial charge is 0.342 e. The highest BCUT2D eigenvalue weighted by atomic mass is 16.5. The van der Waals surface area contributed by atoms with Gasteiger partial charge in [0.15, 0.2) is 6.61 Å². The molecular formula is C23H31N3O3. The summed E-state index contributed by atoms with van der Waals surface area (Å²) in [7, 11) is 0. The van der Waals surface area contributed by atoms with Crippen molar-refractivity contribution in [3.8, 4) is 0 Å². The quantitative estimate of drug-likeness (QED) is 0.750. The van der Waals surface area contributed by atoms with Crippen molar-refractivity contribution in [1.82, 2.24) is 15.1 Å². The average Bonchev–Trinajstić information content (AvgIpc) is 2.96. The van der Waals surface area contributed by atoms with Gasteiger partial charge in [0.2, 0.25) is 0 Å². The lowest BCUT2D eigenvalue weighted by Crippen LogP contribution is -2.38. The van der Waals surface area contributed by atoms with Crippen molar-refractivity contribution in [2.45, 2.75) is 71.4 Å². The lowest BCUT2D eigenvalue weighted by Gasteiger charge is -2.20. The second kappa shape index (κ2) is 10.2. The maximum Gasteiger partial charge on any atom is 0.342 e. The van der Waals surface area contributed by atoms with Crippen molar-refractivity contribution >= 4 is 11.9 Å². The molecule has 6 nitrogen and oxygen atoms in total. The van der Waals surface area contributed by atoms with Crippen LogP contribution in [0.4, 0.5) is 0 Å². The summed E-state index contributed by atoms with van der Waals surface area (Å²) in [4.78, 5) is 24.8. The lowest BCUT2D eigenvalue weighted by atomic mass is 9.97. The molecule has 1 amide bonds. The van der Waals surface area contributed by atoms with E-state index in [1.54, 1.807) is 11.6 Å². The minimum atomic E-state index is -0.493. The molecule has 0 bridgehead atoms. The van der Waals surface area contributed by atoms with E-state index in [-0.39, 0.29) is 18.6 Å². The molecule has 1 aromatic carbocycles. The predicted molar refractivity (Wildman–Crippen MR) is 112 cm³/mol. The molecule has 2 aromatic rings. The zero-order valence-corrected chi connectivity index (χ0v) is 17.4. The molecule has 1 heterocycles. The molecule has 156 valence electrons. The van der Waals surface area contributed by atoms with Gasteiger partial charge < -0.3 is 10.1 Å². The van der Waals surface area contributed by atoms with Crippen molar-refractivity contribution in [3.63, 3.8) is 0 Å². The first-order chi connectivity index (χ1) is 14.0. The van der Waals surface area contributed by atoms with Gasteiger partial charge in [-0.25, -0.2) is 4.79 Å². The Bertz CT molecular complexity index is 821. The van der Waals surface area contributed by atoms with Crippen LogP contribution in [-0.4, -0.2) is 34.3 Å². The van der Waals surface area contributed by atoms with E-state index < -0.39 is 5.97 Å². The molecule has 0 radical (unpaired) electrons. The number of carbonyl (C=O) groups is 2. The van der Waals surface area contributed by atoms with Crippen molar-refractivity contribution in [2.75, 3.05) is 6.61 Å². The third-order valence-corrected chi connectivity index (χ3v) is 5.57. The first kappa shape index (κ1) is 21.1. The van der Waals surface area contributed by atoms with E-state index in [0.29, 0.717) is 17.8 Å². The maximum absolute atomic E-state index is 12.6. The van der Waals surface area contributed by atoms with Gasteiger partial charge in [-0.15, -0.1) is 0 Å². The van der Waals surface area contributed by atoms with Gasteiger partial charge in [-0.3, -0.25) is 9.48 Å². The van der Waals surface area contributed by atoms with Crippen molar-refractivity contribution in [3.05, 3.63) is 52.8 Å². The fraction of sp³-hybridized carbons (Fsp3) is 0.522. The van der Waals surface area contributed by atoms with Crippen LogP contribution in [0.5, 0.6) is 0 Å². The highest BCUT2D eigenvalue weighted by molar-refractivity contribution is 5.93. The summed E-state index contributed by atoms with van der Waals surface area (Å²) in [5, 5.41) is 7.51. The van der Waals surface area contributed by atoms with Crippen LogP contribution in [0.3, 0.4) is 0 Å². The Hall–Kier alpha value is -2.63. The zero-order valence-electron chi connectivity index (χ0n) is 17.4. The lowest BCUT2D eigenvalue weighted by molar-refractivity contribution is -0.125. The standard InChI is InChI=1S/C23H31N3O3/c1-17-22(18(2)26(25-17)15-19-11-7-6-8-12-19)23(28)29-16-21(27)24-20-13-9-4-3-5-10-14-20/h6-8,11-12,20H,3-5,9-10,13-16H2,1-2H3,(H,24,27). The highest BCUT2D eigenvalue weighted by Gasteiger charge is 2.22. The summed E-state index contributed by atoms with van der Waals surface area (Å²) in [5.41, 5.74) is 2.91. The van der Waals surface area contributed by atoms with Gasteiger partial charge in [0.05, 0.1) is 17.9 Å². The molecule has 1 fully saturated rings. The third-order valence-electron chi connectivity index (χ3n) is 5.57. The third kappa shape index (κ3) is 5.92. The fourth-order valence-electron chi connectivity index (χ4n) is 3.98. The summed E-state index contributed by atoms with van der Waals surface area (Å²) >= 11 is 0. The van der Waals surface area contributed by atoms with Crippen LogP contribution in [0, 0.1) is 13.8 Å². The van der Waals surface area contributed by atoms with Crippen LogP contribution in [0.25, 0.3) is 0 Å². The molecule has 1 N–H and O–H groups in total. The van der Waals surface area contributed by atoms with Gasteiger partial charge in [0, 0.05) is 6.04 Å². The van der Waals surface area contributed by atoms with Gasteiger partial charge in [0.1, 0.15) is 5.56 Å². The minimum absolute atomic E-state index is 0.193. The molecule has 0 unspecified atom stereocenters. The molecule has 0 spiro atoms. The van der Waals surface area contributed by atoms with E-state index in [9.17, 15) is 9.59 Å². The van der Waals surface area contributed by atoms with Crippen molar-refractivity contribution < 1.29 is 14.3 Å². The second-order valence-electron chi connectivity index (χ2n) is 7.87. The van der Waals surface area contributed by atoms with Crippen LogP contribution in [0.1, 0.15) is 72.3 Å². The number of carbonyl (C=O) groups excluding carboxylic acids is 2. The molecule has 1 aromatic heterocycles. The Morgan fingerprint density at radius 1 is 1.07 bits per heavy atom. The van der Waals surface area contributed by atoms with Crippen LogP contribution < -0.4 is 5.32 Å². The number of amides is 1. The van der Waals surface area contributed by atoms with Gasteiger partial charge in [0.25, 0.3) is 5.91 Å². The topological polar surface area (TPSA) is 73.2 Å². The number of nitrogens with one attached hydrogen (secondary N) is 1. The number of nitrogens with zero attached hydrogens (tertiary/aromatic N) is 2. The van der Waals surface area contributed by atoms with Crippen molar-refractivity contribution in [2.24, 2.45) is 0 Å². The fourth-order valence-corrected chi connectivity index (χ4v) is 3.98. The molecular weight excluding hydrogens is 366 g/mol. The monoisotopic (exact) mass is 397 g/mol. The minimum Gasteiger partial charge on any atom is -0.452 e. The van der Waals surface area contributed by atoms with Gasteiger partial charge in [-0.1, -0.05) is 62.4 Å². The van der Waals surface area contributed by atoms with Crippen LogP contribution in [0.15, 0.2) is 30.3 Å². The Balaban J connectivity index is 1.55. The Kier molecular flexibility index (Phi) is 7.44. The molecule has 0 atom stereocenters. The van der Waals surface area contributed by atoms with E-state index in [1.807, 2.05) is 37.3 Å². The van der Waals surface area contributed by atoms with E-state index >= 15 is 0 Å². The first-order valence-electron chi connectivity index (χ1n) is 10.6. The Morgan fingerprint density at radius 3 is 2.41 bits per heavy atom. The van der Waals surface area contributed by atoms with Crippen LogP contribution >= 0.6 is 0 Å². The number of benzene rings is 1. The summed E-state index contributed by atoms with van der Waals surface area (Å²) in [6.07, 6.45) is 8.04. The van der Waals surface area contributed by atoms with Crippen LogP contribution in [-0.2, 0) is 16.1 Å². The van der Waals surface area contributed by atoms with Crippen LogP contribution in [0.2, 0.25) is 0 Å². The molecule has 0 saturated heterocycles. The van der Waals surface area contributed by atoms with E-state index in [2.05, 4.69) is 10.4 Å². The zero-order chi connectivity index (χ0) is 20.6. The summed E-state index contributed by atoms with van der Waals surface area (Å²) in [5.74, 6) is -0.719. The van der Waals surface area contributed by atoms with E-state index in [4.69, 9.17) is 4.74 Å².